The molecule has 3 atom stereocenters. The molecule has 1 aliphatic rings. The first kappa shape index (κ1) is 24.1. The molecule has 0 aromatic heterocycles. The Hall–Kier alpha value is -2.55. The number of ether oxygens (including phenoxy) is 1. The third kappa shape index (κ3) is 6.03. The molecule has 1 saturated carbocycles. The Morgan fingerprint density at radius 1 is 0.969 bits per heavy atom. The van der Waals surface area contributed by atoms with E-state index in [1.54, 1.807) is 30.3 Å². The highest BCUT2D eigenvalue weighted by atomic mass is 19.4. The predicted molar refractivity (Wildman–Crippen MR) is 104 cm³/mol. The van der Waals surface area contributed by atoms with Gasteiger partial charge in [-0.25, -0.2) is 0 Å². The van der Waals surface area contributed by atoms with Crippen molar-refractivity contribution in [2.45, 2.75) is 56.7 Å². The zero-order chi connectivity index (χ0) is 23.5. The van der Waals surface area contributed by atoms with E-state index in [0.717, 1.165) is 0 Å². The molecule has 3 rings (SSSR count). The van der Waals surface area contributed by atoms with Gasteiger partial charge in [-0.15, -0.1) is 0 Å². The molecule has 3 nitrogen and oxygen atoms in total. The number of alkyl halides is 6. The Morgan fingerprint density at radius 2 is 1.56 bits per heavy atom. The van der Waals surface area contributed by atoms with Gasteiger partial charge in [0.05, 0.1) is 29.8 Å². The first-order chi connectivity index (χ1) is 14.9. The van der Waals surface area contributed by atoms with E-state index in [1.165, 1.54) is 0 Å². The van der Waals surface area contributed by atoms with E-state index in [0.29, 0.717) is 43.4 Å². The van der Waals surface area contributed by atoms with Crippen molar-refractivity contribution in [3.05, 3.63) is 70.8 Å². The van der Waals surface area contributed by atoms with Gasteiger partial charge in [-0.1, -0.05) is 36.8 Å². The molecule has 1 unspecified atom stereocenters. The summed E-state index contributed by atoms with van der Waals surface area (Å²) in [5.74, 6) is -1.98. The molecule has 0 amide bonds. The van der Waals surface area contributed by atoms with Crippen molar-refractivity contribution < 1.29 is 41.0 Å². The fourth-order valence-corrected chi connectivity index (χ4v) is 4.23. The molecule has 0 saturated heterocycles. The quantitative estimate of drug-likeness (QED) is 0.490. The summed E-state index contributed by atoms with van der Waals surface area (Å²) in [6.45, 7) is -0.423. The predicted octanol–water partition coefficient (Wildman–Crippen LogP) is 6.67. The van der Waals surface area contributed by atoms with E-state index in [2.05, 4.69) is 0 Å². The molecular formula is C23H22F6O3. The van der Waals surface area contributed by atoms with Gasteiger partial charge in [0.1, 0.15) is 0 Å². The normalized spacial score (nSPS) is 20.7. The Kier molecular flexibility index (Phi) is 7.17. The monoisotopic (exact) mass is 460 g/mol. The maximum atomic E-state index is 13.0. The van der Waals surface area contributed by atoms with Crippen molar-refractivity contribution in [1.82, 2.24) is 0 Å². The average Bonchev–Trinajstić information content (AvgIpc) is 2.72. The van der Waals surface area contributed by atoms with Crippen molar-refractivity contribution in [3.8, 4) is 0 Å². The molecule has 2 aromatic rings. The van der Waals surface area contributed by atoms with E-state index >= 15 is 0 Å². The smallest absolute Gasteiger partial charge is 0.416 e. The molecule has 0 bridgehead atoms. The number of hydrogen-bond acceptors (Lipinski definition) is 2. The molecule has 174 valence electrons. The van der Waals surface area contributed by atoms with Gasteiger partial charge in [0.2, 0.25) is 0 Å². The van der Waals surface area contributed by atoms with Crippen LogP contribution in [0.25, 0.3) is 0 Å². The largest absolute Gasteiger partial charge is 0.481 e. The van der Waals surface area contributed by atoms with Gasteiger partial charge in [0.15, 0.2) is 0 Å². The standard InChI is InChI=1S/C23H22F6O3/c24-22(25,26)17-9-14(10-18(12-17)23(27,28)29)13-32-19-8-4-7-16(11-19)20(21(30)31)15-5-2-1-3-6-15/h1-3,5-6,9-10,12,16,19-20H,4,7-8,11,13H2,(H,30,31)/t16?,19-,20+/m0/s1. The molecule has 0 radical (unpaired) electrons. The fourth-order valence-electron chi connectivity index (χ4n) is 4.23. The summed E-state index contributed by atoms with van der Waals surface area (Å²) in [6.07, 6.45) is -8.08. The second kappa shape index (κ2) is 9.52. The Bertz CT molecular complexity index is 891. The zero-order valence-electron chi connectivity index (χ0n) is 16.9. The molecular weight excluding hydrogens is 438 g/mol. The minimum Gasteiger partial charge on any atom is -0.481 e. The molecule has 32 heavy (non-hydrogen) atoms. The Balaban J connectivity index is 1.74. The van der Waals surface area contributed by atoms with Crippen LogP contribution in [0.2, 0.25) is 0 Å². The average molecular weight is 460 g/mol. The van der Waals surface area contributed by atoms with Crippen LogP contribution in [0.3, 0.4) is 0 Å². The molecule has 0 spiro atoms. The van der Waals surface area contributed by atoms with E-state index in [-0.39, 0.29) is 17.5 Å². The number of carboxylic acid groups (broad SMARTS) is 1. The Morgan fingerprint density at radius 3 is 2.09 bits per heavy atom. The van der Waals surface area contributed by atoms with E-state index < -0.39 is 48.1 Å². The number of carboxylic acids is 1. The number of carbonyl (C=O) groups is 1. The van der Waals surface area contributed by atoms with Crippen LogP contribution in [0.5, 0.6) is 0 Å². The molecule has 1 aliphatic carbocycles. The van der Waals surface area contributed by atoms with Crippen molar-refractivity contribution >= 4 is 5.97 Å². The van der Waals surface area contributed by atoms with Gasteiger partial charge in [-0.05, 0) is 54.5 Å². The SMILES string of the molecule is O=C(O)[C@H](c1ccccc1)C1CCC[C@H](OCc2cc(C(F)(F)F)cc(C(F)(F)F)c2)C1. The van der Waals surface area contributed by atoms with Crippen molar-refractivity contribution in [2.24, 2.45) is 5.92 Å². The van der Waals surface area contributed by atoms with Gasteiger partial charge in [-0.3, -0.25) is 4.79 Å². The zero-order valence-corrected chi connectivity index (χ0v) is 16.9. The highest BCUT2D eigenvalue weighted by Gasteiger charge is 2.37. The second-order valence-electron chi connectivity index (χ2n) is 8.00. The lowest BCUT2D eigenvalue weighted by Crippen LogP contribution is -2.30. The maximum Gasteiger partial charge on any atom is 0.416 e. The minimum absolute atomic E-state index is 0.0808. The van der Waals surface area contributed by atoms with E-state index in [9.17, 15) is 36.2 Å². The van der Waals surface area contributed by atoms with Gasteiger partial charge in [-0.2, -0.15) is 26.3 Å². The van der Waals surface area contributed by atoms with Crippen LogP contribution in [-0.4, -0.2) is 17.2 Å². The molecule has 1 fully saturated rings. The van der Waals surface area contributed by atoms with Gasteiger partial charge >= 0.3 is 18.3 Å². The van der Waals surface area contributed by atoms with Crippen LogP contribution in [0, 0.1) is 5.92 Å². The molecule has 0 heterocycles. The van der Waals surface area contributed by atoms with Crippen molar-refractivity contribution in [2.75, 3.05) is 0 Å². The summed E-state index contributed by atoms with van der Waals surface area (Å²) < 4.78 is 83.9. The van der Waals surface area contributed by atoms with Gasteiger partial charge in [0.25, 0.3) is 0 Å². The molecule has 1 N–H and O–H groups in total. The fraction of sp³-hybridized carbons (Fsp3) is 0.435. The highest BCUT2D eigenvalue weighted by molar-refractivity contribution is 5.76. The number of hydrogen-bond donors (Lipinski definition) is 1. The van der Waals surface area contributed by atoms with Crippen LogP contribution in [0.1, 0.15) is 53.9 Å². The number of benzene rings is 2. The number of halogens is 6. The molecule has 2 aromatic carbocycles. The number of rotatable bonds is 6. The van der Waals surface area contributed by atoms with Crippen molar-refractivity contribution in [3.63, 3.8) is 0 Å². The van der Waals surface area contributed by atoms with Crippen LogP contribution >= 0.6 is 0 Å². The van der Waals surface area contributed by atoms with Crippen molar-refractivity contribution in [1.29, 1.82) is 0 Å². The molecule has 0 aliphatic heterocycles. The lowest BCUT2D eigenvalue weighted by atomic mass is 9.76. The first-order valence-electron chi connectivity index (χ1n) is 10.1. The third-order valence-electron chi connectivity index (χ3n) is 5.70. The summed E-state index contributed by atoms with van der Waals surface area (Å²) in [6, 6.07) is 10.1. The van der Waals surface area contributed by atoms with Gasteiger partial charge < -0.3 is 9.84 Å². The van der Waals surface area contributed by atoms with Crippen LogP contribution in [0.4, 0.5) is 26.3 Å². The van der Waals surface area contributed by atoms with E-state index in [1.807, 2.05) is 0 Å². The minimum atomic E-state index is -4.92. The summed E-state index contributed by atoms with van der Waals surface area (Å²) in [5.41, 5.74) is -2.35. The summed E-state index contributed by atoms with van der Waals surface area (Å²) in [5, 5.41) is 9.73. The summed E-state index contributed by atoms with van der Waals surface area (Å²) >= 11 is 0. The third-order valence-corrected chi connectivity index (χ3v) is 5.70. The van der Waals surface area contributed by atoms with Crippen LogP contribution < -0.4 is 0 Å². The van der Waals surface area contributed by atoms with Crippen LogP contribution in [-0.2, 0) is 28.5 Å². The summed E-state index contributed by atoms with van der Waals surface area (Å²) in [4.78, 5) is 11.9. The maximum absolute atomic E-state index is 13.0. The second-order valence-corrected chi connectivity index (χ2v) is 8.00. The van der Waals surface area contributed by atoms with Crippen LogP contribution in [0.15, 0.2) is 48.5 Å². The topological polar surface area (TPSA) is 46.5 Å². The lowest BCUT2D eigenvalue weighted by molar-refractivity contribution is -0.143. The van der Waals surface area contributed by atoms with Gasteiger partial charge in [0, 0.05) is 0 Å². The van der Waals surface area contributed by atoms with E-state index in [4.69, 9.17) is 4.74 Å². The Labute approximate surface area is 181 Å². The first-order valence-corrected chi connectivity index (χ1v) is 10.1. The lowest BCUT2D eigenvalue weighted by Gasteiger charge is -2.33. The summed E-state index contributed by atoms with van der Waals surface area (Å²) in [7, 11) is 0. The highest BCUT2D eigenvalue weighted by Crippen LogP contribution is 2.39. The number of aliphatic carboxylic acids is 1. The molecule has 9 heteroatoms.